The van der Waals surface area contributed by atoms with Gasteiger partial charge in [0.25, 0.3) is 0 Å². The van der Waals surface area contributed by atoms with E-state index in [0.29, 0.717) is 0 Å². The number of methoxy groups -OCH3 is 1. The summed E-state index contributed by atoms with van der Waals surface area (Å²) < 4.78 is 31.9. The number of halogens is 3. The maximum Gasteiger partial charge on any atom is 0.172 e. The van der Waals surface area contributed by atoms with Crippen molar-refractivity contribution in [3.63, 3.8) is 0 Å². The van der Waals surface area contributed by atoms with Gasteiger partial charge in [0.15, 0.2) is 11.6 Å². The fraction of sp³-hybridized carbons (Fsp3) is 0.0769. The molecule has 0 aromatic heterocycles. The van der Waals surface area contributed by atoms with Crippen LogP contribution in [-0.2, 0) is 0 Å². The van der Waals surface area contributed by atoms with E-state index in [1.165, 1.54) is 25.3 Å². The first-order valence-corrected chi connectivity index (χ1v) is 5.43. The Labute approximate surface area is 107 Å². The molecule has 0 heterocycles. The van der Waals surface area contributed by atoms with Crippen LogP contribution in [0.25, 0.3) is 11.1 Å². The second-order valence-corrected chi connectivity index (χ2v) is 4.01. The lowest BCUT2D eigenvalue weighted by molar-refractivity contribution is 0.387. The van der Waals surface area contributed by atoms with Gasteiger partial charge in [-0.15, -0.1) is 0 Å². The van der Waals surface area contributed by atoms with Gasteiger partial charge in [-0.25, -0.2) is 8.78 Å². The monoisotopic (exact) mass is 270 g/mol. The highest BCUT2D eigenvalue weighted by Crippen LogP contribution is 2.37. The van der Waals surface area contributed by atoms with Crippen molar-refractivity contribution in [1.82, 2.24) is 0 Å². The average molecular weight is 271 g/mol. The van der Waals surface area contributed by atoms with Gasteiger partial charge in [-0.3, -0.25) is 0 Å². The third-order valence-electron chi connectivity index (χ3n) is 2.51. The molecule has 0 saturated heterocycles. The number of aromatic hydroxyl groups is 1. The lowest BCUT2D eigenvalue weighted by atomic mass is 10.0. The molecule has 0 aliphatic heterocycles. The molecule has 0 aliphatic rings. The highest BCUT2D eigenvalue weighted by atomic mass is 35.5. The van der Waals surface area contributed by atoms with Crippen molar-refractivity contribution >= 4 is 11.6 Å². The second-order valence-electron chi connectivity index (χ2n) is 3.61. The predicted molar refractivity (Wildman–Crippen MR) is 65.0 cm³/mol. The van der Waals surface area contributed by atoms with Crippen molar-refractivity contribution in [3.05, 3.63) is 47.0 Å². The van der Waals surface area contributed by atoms with Crippen LogP contribution < -0.4 is 4.74 Å². The van der Waals surface area contributed by atoms with Crippen molar-refractivity contribution in [2.24, 2.45) is 0 Å². The summed E-state index contributed by atoms with van der Waals surface area (Å²) in [5.74, 6) is -1.75. The van der Waals surface area contributed by atoms with Gasteiger partial charge in [-0.2, -0.15) is 0 Å². The average Bonchev–Trinajstić information content (AvgIpc) is 2.34. The number of rotatable bonds is 2. The van der Waals surface area contributed by atoms with Gasteiger partial charge in [0.1, 0.15) is 11.6 Å². The summed E-state index contributed by atoms with van der Waals surface area (Å²) >= 11 is 5.62. The van der Waals surface area contributed by atoms with Gasteiger partial charge in [0.2, 0.25) is 0 Å². The minimum atomic E-state index is -0.763. The molecule has 0 unspecified atom stereocenters. The first-order valence-electron chi connectivity index (χ1n) is 5.05. The molecule has 2 aromatic rings. The largest absolute Gasteiger partial charge is 0.507 e. The molecule has 94 valence electrons. The predicted octanol–water partition coefficient (Wildman–Crippen LogP) is 4.00. The zero-order valence-electron chi connectivity index (χ0n) is 9.38. The fourth-order valence-electron chi connectivity index (χ4n) is 1.63. The molecule has 18 heavy (non-hydrogen) atoms. The van der Waals surface area contributed by atoms with Crippen molar-refractivity contribution in [3.8, 4) is 22.6 Å². The van der Waals surface area contributed by atoms with Gasteiger partial charge in [0, 0.05) is 17.2 Å². The van der Waals surface area contributed by atoms with Crippen LogP contribution in [-0.4, -0.2) is 12.2 Å². The quantitative estimate of drug-likeness (QED) is 0.894. The van der Waals surface area contributed by atoms with E-state index in [1.807, 2.05) is 0 Å². The highest BCUT2D eigenvalue weighted by molar-refractivity contribution is 6.31. The molecule has 0 atom stereocenters. The number of benzene rings is 2. The summed E-state index contributed by atoms with van der Waals surface area (Å²) in [4.78, 5) is 0. The van der Waals surface area contributed by atoms with Crippen LogP contribution in [0.2, 0.25) is 5.02 Å². The Kier molecular flexibility index (Phi) is 3.39. The maximum absolute atomic E-state index is 14.0. The topological polar surface area (TPSA) is 29.5 Å². The Balaban J connectivity index is 2.66. The van der Waals surface area contributed by atoms with E-state index < -0.39 is 11.6 Å². The molecule has 2 rings (SSSR count). The lowest BCUT2D eigenvalue weighted by Crippen LogP contribution is -1.92. The zero-order valence-corrected chi connectivity index (χ0v) is 10.1. The Bertz CT molecular complexity index is 600. The first kappa shape index (κ1) is 12.6. The molecule has 5 heteroatoms. The van der Waals surface area contributed by atoms with Crippen molar-refractivity contribution in [1.29, 1.82) is 0 Å². The van der Waals surface area contributed by atoms with E-state index in [9.17, 15) is 13.9 Å². The summed E-state index contributed by atoms with van der Waals surface area (Å²) in [5, 5.41) is 9.46. The summed E-state index contributed by atoms with van der Waals surface area (Å²) in [6, 6.07) is 6.47. The van der Waals surface area contributed by atoms with E-state index in [1.54, 1.807) is 6.07 Å². The van der Waals surface area contributed by atoms with Crippen molar-refractivity contribution < 1.29 is 18.6 Å². The van der Waals surface area contributed by atoms with Gasteiger partial charge in [-0.1, -0.05) is 23.7 Å². The van der Waals surface area contributed by atoms with Crippen LogP contribution in [0.5, 0.6) is 11.5 Å². The summed E-state index contributed by atoms with van der Waals surface area (Å²) in [5.41, 5.74) is 0.201. The molecule has 0 bridgehead atoms. The van der Waals surface area contributed by atoms with Crippen LogP contribution in [0.15, 0.2) is 30.3 Å². The third-order valence-corrected chi connectivity index (χ3v) is 2.80. The van der Waals surface area contributed by atoms with Crippen LogP contribution in [0.3, 0.4) is 0 Å². The molecule has 1 N–H and O–H groups in total. The van der Waals surface area contributed by atoms with Crippen LogP contribution in [0.1, 0.15) is 0 Å². The summed E-state index contributed by atoms with van der Waals surface area (Å²) in [6.07, 6.45) is 0. The number of phenolic OH excluding ortho intramolecular Hbond substituents is 1. The van der Waals surface area contributed by atoms with Crippen molar-refractivity contribution in [2.75, 3.05) is 7.11 Å². The molecule has 2 nitrogen and oxygen atoms in total. The van der Waals surface area contributed by atoms with Crippen LogP contribution in [0, 0.1) is 11.6 Å². The Morgan fingerprint density at radius 1 is 1.17 bits per heavy atom. The zero-order chi connectivity index (χ0) is 13.3. The van der Waals surface area contributed by atoms with Gasteiger partial charge in [0.05, 0.1) is 12.1 Å². The molecular formula is C13H9ClF2O2. The molecule has 0 spiro atoms. The second kappa shape index (κ2) is 4.82. The summed E-state index contributed by atoms with van der Waals surface area (Å²) in [7, 11) is 1.33. The minimum Gasteiger partial charge on any atom is -0.507 e. The molecular weight excluding hydrogens is 262 g/mol. The van der Waals surface area contributed by atoms with E-state index in [2.05, 4.69) is 0 Å². The number of ether oxygens (including phenoxy) is 1. The molecule has 2 aromatic carbocycles. The maximum atomic E-state index is 14.0. The van der Waals surface area contributed by atoms with E-state index in [0.717, 1.165) is 6.07 Å². The molecule has 0 fully saturated rings. The molecule has 0 saturated carbocycles. The van der Waals surface area contributed by atoms with Gasteiger partial charge < -0.3 is 9.84 Å². The normalized spacial score (nSPS) is 10.4. The van der Waals surface area contributed by atoms with Crippen molar-refractivity contribution in [2.45, 2.75) is 0 Å². The highest BCUT2D eigenvalue weighted by Gasteiger charge is 2.15. The molecule has 0 aliphatic carbocycles. The summed E-state index contributed by atoms with van der Waals surface area (Å²) in [6.45, 7) is 0. The van der Waals surface area contributed by atoms with Gasteiger partial charge >= 0.3 is 0 Å². The SMILES string of the molecule is COc1cccc(-c2cc(Cl)c(F)cc2O)c1F. The van der Waals surface area contributed by atoms with Crippen LogP contribution in [0.4, 0.5) is 8.78 Å². The fourth-order valence-corrected chi connectivity index (χ4v) is 1.79. The Hall–Kier alpha value is -1.81. The van der Waals surface area contributed by atoms with E-state index >= 15 is 0 Å². The number of phenols is 1. The standard InChI is InChI=1S/C13H9ClF2O2/c1-18-12-4-2-3-7(13(12)16)8-5-9(14)10(15)6-11(8)17/h2-6,17H,1H3. The van der Waals surface area contributed by atoms with Gasteiger partial charge in [-0.05, 0) is 12.1 Å². The Morgan fingerprint density at radius 3 is 2.56 bits per heavy atom. The van der Waals surface area contributed by atoms with Crippen LogP contribution >= 0.6 is 11.6 Å². The third kappa shape index (κ3) is 2.11. The number of hydrogen-bond acceptors (Lipinski definition) is 2. The minimum absolute atomic E-state index is 0.0346. The lowest BCUT2D eigenvalue weighted by Gasteiger charge is -2.09. The van der Waals surface area contributed by atoms with E-state index in [-0.39, 0.29) is 27.6 Å². The molecule has 0 radical (unpaired) electrons. The first-order chi connectivity index (χ1) is 8.54. The smallest absolute Gasteiger partial charge is 0.172 e. The van der Waals surface area contributed by atoms with E-state index in [4.69, 9.17) is 16.3 Å². The molecule has 0 amide bonds. The number of hydrogen-bond donors (Lipinski definition) is 1. The Morgan fingerprint density at radius 2 is 1.89 bits per heavy atom.